The summed E-state index contributed by atoms with van der Waals surface area (Å²) in [6.45, 7) is 4.98. The molecule has 0 spiro atoms. The summed E-state index contributed by atoms with van der Waals surface area (Å²) in [6, 6.07) is 0. The molecule has 86 valence electrons. The van der Waals surface area contributed by atoms with Crippen molar-refractivity contribution in [3.05, 3.63) is 12.2 Å². The predicted octanol–water partition coefficient (Wildman–Crippen LogP) is 2.04. The maximum atomic E-state index is 10.9. The van der Waals surface area contributed by atoms with Crippen molar-refractivity contribution >= 4 is 5.97 Å². The molecule has 0 amide bonds. The van der Waals surface area contributed by atoms with E-state index in [0.29, 0.717) is 12.5 Å². The summed E-state index contributed by atoms with van der Waals surface area (Å²) >= 11 is 0. The summed E-state index contributed by atoms with van der Waals surface area (Å²) in [4.78, 5) is 10.9. The van der Waals surface area contributed by atoms with Gasteiger partial charge in [0, 0.05) is 6.54 Å². The minimum absolute atomic E-state index is 0.544. The first-order chi connectivity index (χ1) is 7.02. The maximum absolute atomic E-state index is 10.9. The molecule has 1 atom stereocenters. The summed E-state index contributed by atoms with van der Waals surface area (Å²) < 4.78 is 0. The number of carbonyl (C=O) groups is 1. The van der Waals surface area contributed by atoms with E-state index in [4.69, 9.17) is 5.11 Å². The molecule has 15 heavy (non-hydrogen) atoms. The van der Waals surface area contributed by atoms with Crippen molar-refractivity contribution in [1.82, 2.24) is 5.32 Å². The Kier molecular flexibility index (Phi) is 4.33. The minimum atomic E-state index is -0.737. The largest absolute Gasteiger partial charge is 0.481 e. The molecule has 0 aliphatic heterocycles. The Hall–Kier alpha value is -0.830. The van der Waals surface area contributed by atoms with Crippen molar-refractivity contribution < 1.29 is 9.90 Å². The van der Waals surface area contributed by atoms with Gasteiger partial charge in [-0.15, -0.1) is 0 Å². The topological polar surface area (TPSA) is 49.3 Å². The van der Waals surface area contributed by atoms with Crippen LogP contribution in [0.2, 0.25) is 0 Å². The van der Waals surface area contributed by atoms with Crippen LogP contribution in [0.15, 0.2) is 12.2 Å². The molecule has 0 bridgehead atoms. The number of hydrogen-bond donors (Lipinski definition) is 2. The van der Waals surface area contributed by atoms with Crippen LogP contribution in [0.5, 0.6) is 0 Å². The molecule has 3 nitrogen and oxygen atoms in total. The molecule has 3 heteroatoms. The fourth-order valence-electron chi connectivity index (χ4n) is 1.71. The summed E-state index contributed by atoms with van der Waals surface area (Å²) in [5, 5.41) is 12.2. The maximum Gasteiger partial charge on any atom is 0.310 e. The Bertz CT molecular complexity index is 246. The zero-order valence-corrected chi connectivity index (χ0v) is 9.62. The normalized spacial score (nSPS) is 21.6. The van der Waals surface area contributed by atoms with Gasteiger partial charge in [-0.1, -0.05) is 12.2 Å². The smallest absolute Gasteiger partial charge is 0.310 e. The van der Waals surface area contributed by atoms with Gasteiger partial charge in [0.15, 0.2) is 0 Å². The number of carboxylic acids is 1. The molecular formula is C12H21NO2. The number of rotatable bonds is 5. The fourth-order valence-corrected chi connectivity index (χ4v) is 1.71. The van der Waals surface area contributed by atoms with Crippen molar-refractivity contribution in [3.63, 3.8) is 0 Å². The lowest BCUT2D eigenvalue weighted by atomic mass is 9.92. The summed E-state index contributed by atoms with van der Waals surface area (Å²) in [5.74, 6) is -0.0573. The third kappa shape index (κ3) is 4.04. The SMILES string of the molecule is CC(C)(CNCC1CC=CCC1)C(=O)O. The molecule has 0 radical (unpaired) electrons. The summed E-state index contributed by atoms with van der Waals surface area (Å²) in [6.07, 6.45) is 7.95. The van der Waals surface area contributed by atoms with Crippen molar-refractivity contribution in [2.45, 2.75) is 33.1 Å². The van der Waals surface area contributed by atoms with Crippen molar-refractivity contribution in [2.75, 3.05) is 13.1 Å². The molecule has 0 saturated carbocycles. The molecule has 1 unspecified atom stereocenters. The van der Waals surface area contributed by atoms with Gasteiger partial charge < -0.3 is 10.4 Å². The molecule has 0 heterocycles. The van der Waals surface area contributed by atoms with E-state index in [2.05, 4.69) is 17.5 Å². The number of carboxylic acid groups (broad SMARTS) is 1. The van der Waals surface area contributed by atoms with Crippen LogP contribution in [0.3, 0.4) is 0 Å². The Labute approximate surface area is 91.6 Å². The van der Waals surface area contributed by atoms with Crippen LogP contribution >= 0.6 is 0 Å². The Morgan fingerprint density at radius 1 is 1.53 bits per heavy atom. The zero-order chi connectivity index (χ0) is 11.3. The minimum Gasteiger partial charge on any atom is -0.481 e. The average Bonchev–Trinajstić information content (AvgIpc) is 2.19. The zero-order valence-electron chi connectivity index (χ0n) is 9.62. The first-order valence-electron chi connectivity index (χ1n) is 5.61. The molecule has 0 aromatic carbocycles. The number of allylic oxidation sites excluding steroid dienone is 2. The monoisotopic (exact) mass is 211 g/mol. The molecular weight excluding hydrogens is 190 g/mol. The lowest BCUT2D eigenvalue weighted by Gasteiger charge is -2.23. The van der Waals surface area contributed by atoms with Crippen LogP contribution in [0.4, 0.5) is 0 Å². The molecule has 0 fully saturated rings. The first kappa shape index (κ1) is 12.2. The highest BCUT2D eigenvalue weighted by atomic mass is 16.4. The van der Waals surface area contributed by atoms with E-state index in [1.165, 1.54) is 6.42 Å². The first-order valence-corrected chi connectivity index (χ1v) is 5.61. The molecule has 0 aromatic heterocycles. The molecule has 0 aromatic rings. The summed E-state index contributed by atoms with van der Waals surface area (Å²) in [7, 11) is 0. The van der Waals surface area contributed by atoms with Crippen LogP contribution in [0, 0.1) is 11.3 Å². The van der Waals surface area contributed by atoms with Crippen LogP contribution in [-0.2, 0) is 4.79 Å². The lowest BCUT2D eigenvalue weighted by Crippen LogP contribution is -2.38. The standard InChI is InChI=1S/C12H21NO2/c1-12(2,11(14)15)9-13-8-10-6-4-3-5-7-10/h3-4,10,13H,5-9H2,1-2H3,(H,14,15). The van der Waals surface area contributed by atoms with E-state index < -0.39 is 11.4 Å². The van der Waals surface area contributed by atoms with Crippen molar-refractivity contribution in [1.29, 1.82) is 0 Å². The van der Waals surface area contributed by atoms with E-state index in [9.17, 15) is 4.79 Å². The van der Waals surface area contributed by atoms with E-state index in [0.717, 1.165) is 19.4 Å². The number of nitrogens with one attached hydrogen (secondary N) is 1. The fraction of sp³-hybridized carbons (Fsp3) is 0.750. The van der Waals surface area contributed by atoms with Gasteiger partial charge in [0.05, 0.1) is 5.41 Å². The average molecular weight is 211 g/mol. The Balaban J connectivity index is 2.21. The molecule has 2 N–H and O–H groups in total. The second-order valence-electron chi connectivity index (χ2n) is 4.97. The van der Waals surface area contributed by atoms with E-state index >= 15 is 0 Å². The lowest BCUT2D eigenvalue weighted by molar-refractivity contribution is -0.146. The van der Waals surface area contributed by atoms with Gasteiger partial charge in [-0.3, -0.25) is 4.79 Å². The van der Waals surface area contributed by atoms with Gasteiger partial charge >= 0.3 is 5.97 Å². The predicted molar refractivity (Wildman–Crippen MR) is 60.8 cm³/mol. The Morgan fingerprint density at radius 3 is 2.80 bits per heavy atom. The third-order valence-corrected chi connectivity index (χ3v) is 2.96. The van der Waals surface area contributed by atoms with Crippen molar-refractivity contribution in [2.24, 2.45) is 11.3 Å². The Morgan fingerprint density at radius 2 is 2.27 bits per heavy atom. The van der Waals surface area contributed by atoms with Gasteiger partial charge in [0.1, 0.15) is 0 Å². The van der Waals surface area contributed by atoms with Crippen LogP contribution in [-0.4, -0.2) is 24.2 Å². The highest BCUT2D eigenvalue weighted by Gasteiger charge is 2.26. The van der Waals surface area contributed by atoms with Gasteiger partial charge in [0.2, 0.25) is 0 Å². The third-order valence-electron chi connectivity index (χ3n) is 2.96. The highest BCUT2D eigenvalue weighted by molar-refractivity contribution is 5.73. The van der Waals surface area contributed by atoms with E-state index in [1.54, 1.807) is 13.8 Å². The number of hydrogen-bond acceptors (Lipinski definition) is 2. The van der Waals surface area contributed by atoms with E-state index in [1.807, 2.05) is 0 Å². The molecule has 1 aliphatic carbocycles. The van der Waals surface area contributed by atoms with Crippen LogP contribution in [0.25, 0.3) is 0 Å². The second-order valence-corrected chi connectivity index (χ2v) is 4.97. The number of aliphatic carboxylic acids is 1. The van der Waals surface area contributed by atoms with Gasteiger partial charge in [-0.25, -0.2) is 0 Å². The molecule has 1 rings (SSSR count). The molecule has 0 saturated heterocycles. The molecule has 1 aliphatic rings. The van der Waals surface area contributed by atoms with Crippen molar-refractivity contribution in [3.8, 4) is 0 Å². The summed E-state index contributed by atoms with van der Waals surface area (Å²) in [5.41, 5.74) is -0.662. The van der Waals surface area contributed by atoms with E-state index in [-0.39, 0.29) is 0 Å². The highest BCUT2D eigenvalue weighted by Crippen LogP contribution is 2.18. The van der Waals surface area contributed by atoms with Gasteiger partial charge in [-0.05, 0) is 45.6 Å². The van der Waals surface area contributed by atoms with Gasteiger partial charge in [0.25, 0.3) is 0 Å². The second kappa shape index (κ2) is 5.31. The van der Waals surface area contributed by atoms with Gasteiger partial charge in [-0.2, -0.15) is 0 Å². The quantitative estimate of drug-likeness (QED) is 0.684. The van der Waals surface area contributed by atoms with Crippen LogP contribution in [0.1, 0.15) is 33.1 Å². The van der Waals surface area contributed by atoms with Crippen LogP contribution < -0.4 is 5.32 Å².